The molecule has 1 aliphatic rings. The number of aliphatic hydroxyl groups excluding tert-OH is 1. The van der Waals surface area contributed by atoms with Crippen LogP contribution in [0.5, 0.6) is 0 Å². The summed E-state index contributed by atoms with van der Waals surface area (Å²) in [5, 5.41) is 12.0. The van der Waals surface area contributed by atoms with Gasteiger partial charge in [-0.25, -0.2) is 0 Å². The largest absolute Gasteiger partial charge is 0.417 e. The molecule has 0 radical (unpaired) electrons. The van der Waals surface area contributed by atoms with Crippen molar-refractivity contribution in [1.82, 2.24) is 10.2 Å². The molecule has 1 atom stereocenters. The Morgan fingerprint density at radius 3 is 2.55 bits per heavy atom. The third kappa shape index (κ3) is 4.35. The van der Waals surface area contributed by atoms with Gasteiger partial charge < -0.3 is 10.4 Å². The van der Waals surface area contributed by atoms with E-state index in [1.54, 1.807) is 6.07 Å². The predicted molar refractivity (Wildman–Crippen MR) is 80.0 cm³/mol. The molecule has 1 aromatic rings. The van der Waals surface area contributed by atoms with Crippen molar-refractivity contribution >= 4 is 11.6 Å². The van der Waals surface area contributed by atoms with Crippen LogP contribution in [0.25, 0.3) is 0 Å². The van der Waals surface area contributed by atoms with Gasteiger partial charge in [0.05, 0.1) is 10.6 Å². The van der Waals surface area contributed by atoms with Crippen LogP contribution in [0.4, 0.5) is 13.2 Å². The summed E-state index contributed by atoms with van der Waals surface area (Å²) in [6.07, 6.45) is -3.29. The van der Waals surface area contributed by atoms with Crippen LogP contribution in [-0.2, 0) is 6.18 Å². The van der Waals surface area contributed by atoms with Gasteiger partial charge in [0.1, 0.15) is 0 Å². The maximum absolute atomic E-state index is 13.0. The topological polar surface area (TPSA) is 35.5 Å². The van der Waals surface area contributed by atoms with E-state index in [9.17, 15) is 13.2 Å². The molecule has 1 aliphatic heterocycles. The number of benzene rings is 1. The van der Waals surface area contributed by atoms with Crippen LogP contribution in [0.3, 0.4) is 0 Å². The number of nitrogens with one attached hydrogen (secondary N) is 1. The van der Waals surface area contributed by atoms with Crippen molar-refractivity contribution in [3.63, 3.8) is 0 Å². The molecule has 0 aromatic heterocycles. The minimum Gasteiger partial charge on any atom is -0.396 e. The van der Waals surface area contributed by atoms with Crippen molar-refractivity contribution in [2.45, 2.75) is 25.1 Å². The quantitative estimate of drug-likeness (QED) is 0.867. The lowest BCUT2D eigenvalue weighted by molar-refractivity contribution is -0.137. The Morgan fingerprint density at radius 1 is 1.27 bits per heavy atom. The standard InChI is InChI=1S/C15H20ClF3N2O/c16-13-4-3-11(10-12(13)15(17,18)19)14(2-1-9-22)21-7-5-20-6-8-21/h3-4,10,14,20,22H,1-2,5-9H2/t14-/m0/s1. The summed E-state index contributed by atoms with van der Waals surface area (Å²) in [6.45, 7) is 3.22. The number of hydrogen-bond acceptors (Lipinski definition) is 3. The van der Waals surface area contributed by atoms with Crippen LogP contribution in [0, 0.1) is 0 Å². The van der Waals surface area contributed by atoms with Crippen LogP contribution in [0.2, 0.25) is 5.02 Å². The molecule has 2 rings (SSSR count). The lowest BCUT2D eigenvalue weighted by Gasteiger charge is -2.35. The number of halogens is 4. The van der Waals surface area contributed by atoms with Gasteiger partial charge in [-0.15, -0.1) is 0 Å². The monoisotopic (exact) mass is 336 g/mol. The summed E-state index contributed by atoms with van der Waals surface area (Å²) < 4.78 is 39.1. The normalized spacial score (nSPS) is 18.4. The van der Waals surface area contributed by atoms with Gasteiger partial charge in [0.25, 0.3) is 0 Å². The van der Waals surface area contributed by atoms with Gasteiger partial charge in [-0.3, -0.25) is 4.90 Å². The van der Waals surface area contributed by atoms with Crippen molar-refractivity contribution in [3.05, 3.63) is 34.3 Å². The summed E-state index contributed by atoms with van der Waals surface area (Å²) in [6, 6.07) is 3.98. The molecule has 0 spiro atoms. The highest BCUT2D eigenvalue weighted by Gasteiger charge is 2.34. The smallest absolute Gasteiger partial charge is 0.396 e. The summed E-state index contributed by atoms with van der Waals surface area (Å²) in [5.74, 6) is 0. The molecule has 7 heteroatoms. The van der Waals surface area contributed by atoms with E-state index in [1.165, 1.54) is 6.07 Å². The molecule has 124 valence electrons. The zero-order valence-electron chi connectivity index (χ0n) is 12.2. The predicted octanol–water partition coefficient (Wildman–Crippen LogP) is 3.08. The highest BCUT2D eigenvalue weighted by molar-refractivity contribution is 6.31. The van der Waals surface area contributed by atoms with Crippen molar-refractivity contribution in [2.75, 3.05) is 32.8 Å². The van der Waals surface area contributed by atoms with Crippen molar-refractivity contribution in [2.24, 2.45) is 0 Å². The van der Waals surface area contributed by atoms with E-state index in [1.807, 2.05) is 0 Å². The second-order valence-corrected chi connectivity index (χ2v) is 5.81. The van der Waals surface area contributed by atoms with Crippen LogP contribution in [0.1, 0.15) is 30.0 Å². The first-order chi connectivity index (χ1) is 10.4. The summed E-state index contributed by atoms with van der Waals surface area (Å²) >= 11 is 5.69. The average Bonchev–Trinajstić information content (AvgIpc) is 2.49. The van der Waals surface area contributed by atoms with Gasteiger partial charge in [0.15, 0.2) is 0 Å². The molecule has 2 N–H and O–H groups in total. The van der Waals surface area contributed by atoms with E-state index in [-0.39, 0.29) is 17.7 Å². The van der Waals surface area contributed by atoms with E-state index in [2.05, 4.69) is 10.2 Å². The molecule has 0 aliphatic carbocycles. The average molecular weight is 337 g/mol. The fourth-order valence-electron chi connectivity index (χ4n) is 2.81. The second-order valence-electron chi connectivity index (χ2n) is 5.40. The minimum atomic E-state index is -4.46. The lowest BCUT2D eigenvalue weighted by atomic mass is 9.97. The molecule has 0 amide bonds. The summed E-state index contributed by atoms with van der Waals surface area (Å²) in [5.41, 5.74) is -0.192. The van der Waals surface area contributed by atoms with E-state index in [0.29, 0.717) is 18.4 Å². The third-order valence-electron chi connectivity index (χ3n) is 3.91. The Hall–Kier alpha value is -0.820. The molecular weight excluding hydrogens is 317 g/mol. The Bertz CT molecular complexity index is 490. The van der Waals surface area contributed by atoms with E-state index < -0.39 is 11.7 Å². The van der Waals surface area contributed by atoms with Gasteiger partial charge in [0, 0.05) is 38.8 Å². The van der Waals surface area contributed by atoms with Gasteiger partial charge in [0.2, 0.25) is 0 Å². The summed E-state index contributed by atoms with van der Waals surface area (Å²) in [4.78, 5) is 2.16. The molecule has 0 unspecified atom stereocenters. The Balaban J connectivity index is 2.30. The zero-order valence-corrected chi connectivity index (χ0v) is 12.9. The Labute approximate surface area is 133 Å². The summed E-state index contributed by atoms with van der Waals surface area (Å²) in [7, 11) is 0. The van der Waals surface area contributed by atoms with Gasteiger partial charge in [-0.2, -0.15) is 13.2 Å². The van der Waals surface area contributed by atoms with Crippen molar-refractivity contribution in [3.8, 4) is 0 Å². The Morgan fingerprint density at radius 2 is 1.95 bits per heavy atom. The molecular formula is C15H20ClF3N2O. The number of aliphatic hydroxyl groups is 1. The van der Waals surface area contributed by atoms with E-state index in [4.69, 9.17) is 16.7 Å². The number of piperazine rings is 1. The first kappa shape index (κ1) is 17.5. The maximum atomic E-state index is 13.0. The molecule has 1 fully saturated rings. The SMILES string of the molecule is OCCC[C@@H](c1ccc(Cl)c(C(F)(F)F)c1)N1CCNCC1. The number of alkyl halides is 3. The minimum absolute atomic E-state index is 0.0301. The van der Waals surface area contributed by atoms with Gasteiger partial charge >= 0.3 is 6.18 Å². The van der Waals surface area contributed by atoms with E-state index in [0.717, 1.165) is 32.2 Å². The van der Waals surface area contributed by atoms with Gasteiger partial charge in [-0.1, -0.05) is 17.7 Å². The van der Waals surface area contributed by atoms with Crippen LogP contribution < -0.4 is 5.32 Å². The molecule has 1 heterocycles. The lowest BCUT2D eigenvalue weighted by Crippen LogP contribution is -2.45. The Kier molecular flexibility index (Phi) is 6.09. The first-order valence-corrected chi connectivity index (χ1v) is 7.73. The number of rotatable bonds is 5. The molecule has 1 saturated heterocycles. The second kappa shape index (κ2) is 7.64. The van der Waals surface area contributed by atoms with Crippen LogP contribution >= 0.6 is 11.6 Å². The highest BCUT2D eigenvalue weighted by Crippen LogP contribution is 2.37. The number of hydrogen-bond donors (Lipinski definition) is 2. The maximum Gasteiger partial charge on any atom is 0.417 e. The van der Waals surface area contributed by atoms with Crippen molar-refractivity contribution in [1.29, 1.82) is 0 Å². The molecule has 3 nitrogen and oxygen atoms in total. The zero-order chi connectivity index (χ0) is 16.2. The van der Waals surface area contributed by atoms with Gasteiger partial charge in [-0.05, 0) is 30.5 Å². The van der Waals surface area contributed by atoms with Crippen LogP contribution in [0.15, 0.2) is 18.2 Å². The fourth-order valence-corrected chi connectivity index (χ4v) is 3.03. The van der Waals surface area contributed by atoms with Crippen molar-refractivity contribution < 1.29 is 18.3 Å². The number of nitrogens with zero attached hydrogens (tertiary/aromatic N) is 1. The molecule has 22 heavy (non-hydrogen) atoms. The fraction of sp³-hybridized carbons (Fsp3) is 0.600. The third-order valence-corrected chi connectivity index (χ3v) is 4.24. The van der Waals surface area contributed by atoms with Crippen LogP contribution in [-0.4, -0.2) is 42.8 Å². The molecule has 0 bridgehead atoms. The molecule has 0 saturated carbocycles. The van der Waals surface area contributed by atoms with E-state index >= 15 is 0 Å². The first-order valence-electron chi connectivity index (χ1n) is 7.35. The molecule has 1 aromatic carbocycles. The highest BCUT2D eigenvalue weighted by atomic mass is 35.5.